The summed E-state index contributed by atoms with van der Waals surface area (Å²) in [6.07, 6.45) is 0.0725. The van der Waals surface area contributed by atoms with Crippen molar-refractivity contribution in [2.24, 2.45) is 29.2 Å². The highest BCUT2D eigenvalue weighted by molar-refractivity contribution is 5.98. The first-order chi connectivity index (χ1) is 33.2. The van der Waals surface area contributed by atoms with E-state index in [-0.39, 0.29) is 50.0 Å². The molecule has 1 aliphatic rings. The van der Waals surface area contributed by atoms with Crippen molar-refractivity contribution in [1.29, 1.82) is 0 Å². The van der Waals surface area contributed by atoms with Gasteiger partial charge in [-0.2, -0.15) is 0 Å². The Morgan fingerprint density at radius 2 is 1.24 bits per heavy atom. The Balaban J connectivity index is 3.03. The number of nitrogens with two attached hydrogens (primary N) is 2. The molecule has 0 radical (unpaired) electrons. The maximum Gasteiger partial charge on any atom is 0.326 e. The second-order valence-electron chi connectivity index (χ2n) is 18.8. The number of carbonyl (C=O) groups is 11. The number of nitrogens with zero attached hydrogens (tertiary/aromatic N) is 1. The summed E-state index contributed by atoms with van der Waals surface area (Å²) in [4.78, 5) is 144. The van der Waals surface area contributed by atoms with Gasteiger partial charge < -0.3 is 79.3 Å². The zero-order chi connectivity index (χ0) is 54.3. The minimum atomic E-state index is -1.80. The highest BCUT2D eigenvalue weighted by Gasteiger charge is 2.40. The maximum atomic E-state index is 13.9. The van der Waals surface area contributed by atoms with Gasteiger partial charge in [-0.25, -0.2) is 4.79 Å². The van der Waals surface area contributed by atoms with E-state index in [0.29, 0.717) is 32.2 Å². The number of unbranched alkanes of at least 4 members (excludes halogenated alkanes) is 1. The van der Waals surface area contributed by atoms with Gasteiger partial charge in [0.05, 0.1) is 31.7 Å². The Hall–Kier alpha value is -5.99. The number of carboxylic acid groups (broad SMARTS) is 2. The summed E-state index contributed by atoms with van der Waals surface area (Å²) in [5.74, 6) is -11.5. The van der Waals surface area contributed by atoms with E-state index in [9.17, 15) is 73.2 Å². The molecular formula is C45H79N11O15. The maximum absolute atomic E-state index is 13.9. The van der Waals surface area contributed by atoms with Crippen LogP contribution in [0.15, 0.2) is 0 Å². The molecule has 0 aromatic heterocycles. The molecular weight excluding hydrogens is 935 g/mol. The molecule has 1 aliphatic heterocycles. The summed E-state index contributed by atoms with van der Waals surface area (Å²) in [6.45, 7) is 11.7. The third-order valence-electron chi connectivity index (χ3n) is 11.7. The Kier molecular flexibility index (Phi) is 27.8. The van der Waals surface area contributed by atoms with Crippen LogP contribution in [0.2, 0.25) is 0 Å². The lowest BCUT2D eigenvalue weighted by Gasteiger charge is -2.31. The topological polar surface area (TPSA) is 420 Å². The number of nitrogens with one attached hydrogen (secondary N) is 8. The molecule has 71 heavy (non-hydrogen) atoms. The molecule has 1 heterocycles. The molecule has 0 spiro atoms. The van der Waals surface area contributed by atoms with Crippen LogP contribution in [0.25, 0.3) is 0 Å². The SMILES string of the molecule is CC[C@H](C)[C@H](N)C(=O)N[C@H](C(=O)N[C@@H](CC(C)C)C(=O)N[C@@H](CO)C(=O)NCC(=O)N[C@@H](CC(=O)O)C(=O)N[C@@H](C)C(=O)N[C@@H](CC(C)C)C(=O)N1CCC[C@H]1C(=O)N[C@@H](CCCCN)C(=O)O)[C@@H](C)O. The van der Waals surface area contributed by atoms with Gasteiger partial charge >= 0.3 is 11.9 Å². The molecule has 0 aromatic carbocycles. The van der Waals surface area contributed by atoms with Crippen LogP contribution in [0.1, 0.15) is 113 Å². The number of aliphatic hydroxyl groups is 2. The minimum absolute atomic E-state index is 0.00432. The lowest BCUT2D eigenvalue weighted by molar-refractivity contribution is -0.145. The molecule has 0 unspecified atom stereocenters. The fraction of sp³-hybridized carbons (Fsp3) is 0.756. The van der Waals surface area contributed by atoms with Crippen molar-refractivity contribution in [2.75, 3.05) is 26.2 Å². The van der Waals surface area contributed by atoms with Gasteiger partial charge in [0.1, 0.15) is 48.3 Å². The van der Waals surface area contributed by atoms with Crippen molar-refractivity contribution in [3.8, 4) is 0 Å². The molecule has 9 amide bonds. The van der Waals surface area contributed by atoms with Crippen molar-refractivity contribution < 1.29 is 73.2 Å². The second kappa shape index (κ2) is 31.4. The Bertz CT molecular complexity index is 1850. The summed E-state index contributed by atoms with van der Waals surface area (Å²) in [7, 11) is 0. The van der Waals surface area contributed by atoms with Crippen LogP contribution in [0.4, 0.5) is 0 Å². The minimum Gasteiger partial charge on any atom is -0.481 e. The van der Waals surface area contributed by atoms with Gasteiger partial charge in [0.25, 0.3) is 0 Å². The molecule has 11 atom stereocenters. The predicted molar refractivity (Wildman–Crippen MR) is 255 cm³/mol. The third kappa shape index (κ3) is 21.9. The second-order valence-corrected chi connectivity index (χ2v) is 18.8. The van der Waals surface area contributed by atoms with Gasteiger partial charge in [-0.15, -0.1) is 0 Å². The zero-order valence-corrected chi connectivity index (χ0v) is 42.1. The average Bonchev–Trinajstić information content (AvgIpc) is 3.79. The van der Waals surface area contributed by atoms with E-state index in [2.05, 4.69) is 42.5 Å². The van der Waals surface area contributed by atoms with Gasteiger partial charge in [-0.3, -0.25) is 47.9 Å². The summed E-state index contributed by atoms with van der Waals surface area (Å²) in [5, 5.41) is 58.3. The van der Waals surface area contributed by atoms with E-state index >= 15 is 0 Å². The first-order valence-corrected chi connectivity index (χ1v) is 24.1. The number of hydrogen-bond acceptors (Lipinski definition) is 15. The summed E-state index contributed by atoms with van der Waals surface area (Å²) in [6, 6.07) is -12.2. The number of rotatable bonds is 32. The van der Waals surface area contributed by atoms with E-state index in [1.807, 2.05) is 6.92 Å². The number of amides is 9. The van der Waals surface area contributed by atoms with E-state index < -0.39 is 145 Å². The zero-order valence-electron chi connectivity index (χ0n) is 42.1. The molecule has 16 N–H and O–H groups in total. The van der Waals surface area contributed by atoms with Crippen molar-refractivity contribution in [3.05, 3.63) is 0 Å². The van der Waals surface area contributed by atoms with Gasteiger partial charge in [-0.1, -0.05) is 48.0 Å². The van der Waals surface area contributed by atoms with Crippen molar-refractivity contribution in [1.82, 2.24) is 47.4 Å². The lowest BCUT2D eigenvalue weighted by atomic mass is 9.98. The van der Waals surface area contributed by atoms with Crippen LogP contribution in [0.5, 0.6) is 0 Å². The number of aliphatic carboxylic acids is 2. The quantitative estimate of drug-likeness (QED) is 0.0286. The summed E-state index contributed by atoms with van der Waals surface area (Å²) < 4.78 is 0. The number of carbonyl (C=O) groups excluding carboxylic acids is 9. The van der Waals surface area contributed by atoms with Crippen LogP contribution in [0, 0.1) is 17.8 Å². The Morgan fingerprint density at radius 1 is 0.662 bits per heavy atom. The monoisotopic (exact) mass is 1010 g/mol. The van der Waals surface area contributed by atoms with Gasteiger partial charge in [0, 0.05) is 6.54 Å². The molecule has 1 saturated heterocycles. The van der Waals surface area contributed by atoms with Crippen molar-refractivity contribution in [2.45, 2.75) is 174 Å². The average molecular weight is 1010 g/mol. The smallest absolute Gasteiger partial charge is 0.326 e. The van der Waals surface area contributed by atoms with E-state index in [1.54, 1.807) is 34.6 Å². The Morgan fingerprint density at radius 3 is 1.77 bits per heavy atom. The molecule has 404 valence electrons. The van der Waals surface area contributed by atoms with Crippen LogP contribution < -0.4 is 54.0 Å². The van der Waals surface area contributed by atoms with Crippen LogP contribution >= 0.6 is 0 Å². The van der Waals surface area contributed by atoms with Gasteiger partial charge in [0.2, 0.25) is 53.2 Å². The summed E-state index contributed by atoms with van der Waals surface area (Å²) in [5.41, 5.74) is 11.5. The molecule has 0 aromatic rings. The van der Waals surface area contributed by atoms with Crippen molar-refractivity contribution >= 4 is 65.1 Å². The normalized spacial score (nSPS) is 17.7. The first kappa shape index (κ1) is 63.0. The fourth-order valence-corrected chi connectivity index (χ4v) is 7.41. The van der Waals surface area contributed by atoms with E-state index in [1.165, 1.54) is 18.7 Å². The lowest BCUT2D eigenvalue weighted by Crippen LogP contribution is -2.61. The number of hydrogen-bond donors (Lipinski definition) is 14. The van der Waals surface area contributed by atoms with Gasteiger partial charge in [0.15, 0.2) is 0 Å². The number of aliphatic hydroxyl groups excluding tert-OH is 2. The third-order valence-corrected chi connectivity index (χ3v) is 11.7. The molecule has 0 aliphatic carbocycles. The van der Waals surface area contributed by atoms with Gasteiger partial charge in [-0.05, 0) is 83.1 Å². The molecule has 0 bridgehead atoms. The molecule has 26 heteroatoms. The van der Waals surface area contributed by atoms with Crippen molar-refractivity contribution in [3.63, 3.8) is 0 Å². The molecule has 26 nitrogen and oxygen atoms in total. The molecule has 1 fully saturated rings. The largest absolute Gasteiger partial charge is 0.481 e. The molecule has 0 saturated carbocycles. The van der Waals surface area contributed by atoms with Crippen LogP contribution in [-0.2, 0) is 52.7 Å². The standard InChI is InChI=1S/C45H79N11O15/c1-9-24(6)35(47)42(67)55-36(26(8)58)43(68)52-28(17-22(2)3)40(65)54-31(21-57)38(63)48-20-33(59)50-29(19-34(60)61)39(64)49-25(7)37(62)53-30(18-23(4)5)44(69)56-16-12-14-32(56)41(66)51-27(45(70)71)13-10-11-15-46/h22-32,35-36,57-58H,9-21,46-47H2,1-8H3,(H,48,63)(H,49,64)(H,50,59)(H,51,66)(H,52,68)(H,53,62)(H,54,65)(H,55,67)(H,60,61)(H,70,71)/t24-,25-,26+,27-,28-,29-,30-,31-,32-,35-,36-/m0/s1. The first-order valence-electron chi connectivity index (χ1n) is 24.1. The van der Waals surface area contributed by atoms with E-state index in [4.69, 9.17) is 11.5 Å². The van der Waals surface area contributed by atoms with Crippen LogP contribution in [-0.4, -0.2) is 177 Å². The predicted octanol–water partition coefficient (Wildman–Crippen LogP) is -3.97. The fourth-order valence-electron chi connectivity index (χ4n) is 7.41. The van der Waals surface area contributed by atoms with Crippen LogP contribution in [0.3, 0.4) is 0 Å². The van der Waals surface area contributed by atoms with E-state index in [0.717, 1.165) is 0 Å². The Labute approximate surface area is 414 Å². The highest BCUT2D eigenvalue weighted by Crippen LogP contribution is 2.21. The number of likely N-dealkylation sites (tertiary alicyclic amines) is 1. The highest BCUT2D eigenvalue weighted by atomic mass is 16.4. The number of carboxylic acids is 2. The summed E-state index contributed by atoms with van der Waals surface area (Å²) >= 11 is 0. The molecule has 1 rings (SSSR count).